The highest BCUT2D eigenvalue weighted by atomic mass is 15.0. The molecule has 0 bridgehead atoms. The lowest BCUT2D eigenvalue weighted by Gasteiger charge is -2.12. The molecule has 1 nitrogen and oxygen atoms in total. The van der Waals surface area contributed by atoms with Crippen LogP contribution in [-0.2, 0) is 0 Å². The summed E-state index contributed by atoms with van der Waals surface area (Å²) in [5.41, 5.74) is 6.17. The summed E-state index contributed by atoms with van der Waals surface area (Å²) in [4.78, 5) is 0. The van der Waals surface area contributed by atoms with Crippen molar-refractivity contribution in [2.75, 3.05) is 0 Å². The Morgan fingerprint density at radius 3 is 1.80 bits per heavy atom. The molecule has 190 valence electrons. The van der Waals surface area contributed by atoms with E-state index in [0.717, 1.165) is 0 Å². The molecule has 0 aliphatic heterocycles. The first-order chi connectivity index (χ1) is 20.3. The van der Waals surface area contributed by atoms with Crippen molar-refractivity contribution in [3.05, 3.63) is 152 Å². The third-order valence-corrected chi connectivity index (χ3v) is 8.74. The monoisotopic (exact) mass is 519 g/mol. The van der Waals surface area contributed by atoms with E-state index in [-0.39, 0.29) is 0 Å². The lowest BCUT2D eigenvalue weighted by Crippen LogP contribution is -1.95. The number of rotatable bonds is 2. The number of hydrogen-bond acceptors (Lipinski definition) is 0. The Kier molecular flexibility index (Phi) is 4.67. The van der Waals surface area contributed by atoms with E-state index in [2.05, 4.69) is 156 Å². The van der Waals surface area contributed by atoms with Gasteiger partial charge in [-0.25, -0.2) is 0 Å². The van der Waals surface area contributed by atoms with Crippen molar-refractivity contribution >= 4 is 64.9 Å². The van der Waals surface area contributed by atoms with Gasteiger partial charge in [-0.2, -0.15) is 0 Å². The van der Waals surface area contributed by atoms with Gasteiger partial charge in [0.25, 0.3) is 0 Å². The Hall–Kier alpha value is -5.40. The van der Waals surface area contributed by atoms with Gasteiger partial charge in [0.15, 0.2) is 0 Å². The number of fused-ring (bicyclic) bond motifs is 9. The Morgan fingerprint density at radius 2 is 0.927 bits per heavy atom. The predicted octanol–water partition coefficient (Wildman–Crippen LogP) is 11.1. The third kappa shape index (κ3) is 3.30. The summed E-state index contributed by atoms with van der Waals surface area (Å²) < 4.78 is 2.44. The van der Waals surface area contributed by atoms with Crippen molar-refractivity contribution in [1.29, 1.82) is 0 Å². The van der Waals surface area contributed by atoms with Gasteiger partial charge in [-0.05, 0) is 79.2 Å². The van der Waals surface area contributed by atoms with Gasteiger partial charge in [-0.1, -0.05) is 121 Å². The molecular weight excluding hydrogens is 494 g/mol. The summed E-state index contributed by atoms with van der Waals surface area (Å²) in [6, 6.07) is 55.6. The molecular formula is C40H25N. The van der Waals surface area contributed by atoms with E-state index in [1.807, 2.05) is 0 Å². The number of aromatic nitrogens is 1. The molecule has 0 aliphatic carbocycles. The van der Waals surface area contributed by atoms with Crippen LogP contribution in [0, 0.1) is 0 Å². The Morgan fingerprint density at radius 1 is 0.317 bits per heavy atom. The molecule has 41 heavy (non-hydrogen) atoms. The molecule has 1 heteroatoms. The summed E-state index contributed by atoms with van der Waals surface area (Å²) in [5.74, 6) is 0. The van der Waals surface area contributed by atoms with Crippen molar-refractivity contribution < 1.29 is 0 Å². The van der Waals surface area contributed by atoms with E-state index < -0.39 is 0 Å². The first-order valence-electron chi connectivity index (χ1n) is 14.2. The van der Waals surface area contributed by atoms with Gasteiger partial charge in [-0.3, -0.25) is 0 Å². The van der Waals surface area contributed by atoms with E-state index in [1.165, 1.54) is 81.7 Å². The fourth-order valence-electron chi connectivity index (χ4n) is 6.82. The first-order valence-corrected chi connectivity index (χ1v) is 14.2. The average molecular weight is 520 g/mol. The van der Waals surface area contributed by atoms with E-state index in [4.69, 9.17) is 0 Å². The molecule has 0 saturated heterocycles. The molecule has 0 unspecified atom stereocenters. The van der Waals surface area contributed by atoms with Crippen molar-refractivity contribution in [2.24, 2.45) is 0 Å². The first kappa shape index (κ1) is 22.4. The van der Waals surface area contributed by atoms with Crippen LogP contribution in [-0.4, -0.2) is 4.57 Å². The fraction of sp³-hybridized carbons (Fsp3) is 0. The molecule has 0 aliphatic rings. The topological polar surface area (TPSA) is 4.93 Å². The minimum atomic E-state index is 1.22. The van der Waals surface area contributed by atoms with Gasteiger partial charge in [0.05, 0.1) is 16.7 Å². The van der Waals surface area contributed by atoms with Crippen LogP contribution in [0.15, 0.2) is 152 Å². The van der Waals surface area contributed by atoms with Gasteiger partial charge in [0, 0.05) is 16.2 Å². The number of benzene rings is 8. The van der Waals surface area contributed by atoms with Crippen molar-refractivity contribution in [2.45, 2.75) is 0 Å². The molecule has 0 fully saturated rings. The number of para-hydroxylation sites is 1. The van der Waals surface area contributed by atoms with Crippen LogP contribution in [0.25, 0.3) is 81.7 Å². The largest absolute Gasteiger partial charge is 0.309 e. The van der Waals surface area contributed by atoms with Gasteiger partial charge < -0.3 is 4.57 Å². The SMILES string of the molecule is c1ccc2c(-n3c4ccccc4c4c5ccc(-c6ccc7ccc8ccccc8c7c6)cc5ccc43)cccc2c1. The average Bonchev–Trinajstić information content (AvgIpc) is 3.38. The quantitative estimate of drug-likeness (QED) is 0.200. The third-order valence-electron chi connectivity index (χ3n) is 8.74. The van der Waals surface area contributed by atoms with Crippen LogP contribution >= 0.6 is 0 Å². The maximum absolute atomic E-state index is 2.44. The minimum absolute atomic E-state index is 1.22. The van der Waals surface area contributed by atoms with Crippen LogP contribution in [0.1, 0.15) is 0 Å². The van der Waals surface area contributed by atoms with Crippen molar-refractivity contribution in [3.63, 3.8) is 0 Å². The molecule has 0 saturated carbocycles. The summed E-state index contributed by atoms with van der Waals surface area (Å²) in [7, 11) is 0. The second-order valence-electron chi connectivity index (χ2n) is 11.0. The summed E-state index contributed by atoms with van der Waals surface area (Å²) in [6.45, 7) is 0. The molecule has 1 heterocycles. The maximum atomic E-state index is 2.44. The van der Waals surface area contributed by atoms with Crippen molar-refractivity contribution in [1.82, 2.24) is 4.57 Å². The lowest BCUT2D eigenvalue weighted by atomic mass is 9.95. The van der Waals surface area contributed by atoms with E-state index in [1.54, 1.807) is 0 Å². The molecule has 9 aromatic rings. The van der Waals surface area contributed by atoms with Gasteiger partial charge in [-0.15, -0.1) is 0 Å². The number of hydrogen-bond donors (Lipinski definition) is 0. The summed E-state index contributed by atoms with van der Waals surface area (Å²) >= 11 is 0. The highest BCUT2D eigenvalue weighted by Crippen LogP contribution is 2.40. The molecule has 1 aromatic heterocycles. The van der Waals surface area contributed by atoms with Crippen LogP contribution in [0.4, 0.5) is 0 Å². The van der Waals surface area contributed by atoms with Crippen LogP contribution in [0.5, 0.6) is 0 Å². The van der Waals surface area contributed by atoms with Crippen LogP contribution in [0.3, 0.4) is 0 Å². The Bertz CT molecular complexity index is 2470. The zero-order valence-corrected chi connectivity index (χ0v) is 22.4. The highest BCUT2D eigenvalue weighted by molar-refractivity contribution is 6.22. The summed E-state index contributed by atoms with van der Waals surface area (Å²) in [5, 5.41) is 12.8. The molecule has 0 amide bonds. The lowest BCUT2D eigenvalue weighted by molar-refractivity contribution is 1.20. The molecule has 0 N–H and O–H groups in total. The van der Waals surface area contributed by atoms with Crippen LogP contribution < -0.4 is 0 Å². The Labute approximate surface area is 237 Å². The molecule has 0 spiro atoms. The van der Waals surface area contributed by atoms with Gasteiger partial charge in [0.1, 0.15) is 0 Å². The Balaban J connectivity index is 1.29. The molecule has 0 atom stereocenters. The highest BCUT2D eigenvalue weighted by Gasteiger charge is 2.16. The van der Waals surface area contributed by atoms with E-state index in [9.17, 15) is 0 Å². The zero-order chi connectivity index (χ0) is 26.9. The molecule has 0 radical (unpaired) electrons. The van der Waals surface area contributed by atoms with E-state index in [0.29, 0.717) is 0 Å². The maximum Gasteiger partial charge on any atom is 0.0547 e. The van der Waals surface area contributed by atoms with Crippen molar-refractivity contribution in [3.8, 4) is 16.8 Å². The van der Waals surface area contributed by atoms with Crippen LogP contribution in [0.2, 0.25) is 0 Å². The summed E-state index contributed by atoms with van der Waals surface area (Å²) in [6.07, 6.45) is 0. The van der Waals surface area contributed by atoms with E-state index >= 15 is 0 Å². The minimum Gasteiger partial charge on any atom is -0.309 e. The standard InChI is InChI=1S/C40H25N/c1-3-11-32-27(9-1)16-17-28-18-19-30(25-36(28)32)29-20-22-34-31(24-29)21-23-39-40(34)35-13-5-6-14-38(35)41(39)37-15-7-10-26-8-2-4-12-33(26)37/h1-25H. The second kappa shape index (κ2) is 8.55. The predicted molar refractivity (Wildman–Crippen MR) is 176 cm³/mol. The molecule has 9 rings (SSSR count). The zero-order valence-electron chi connectivity index (χ0n) is 22.4. The normalized spacial score (nSPS) is 11.9. The molecule has 8 aromatic carbocycles. The van der Waals surface area contributed by atoms with Gasteiger partial charge >= 0.3 is 0 Å². The fourth-order valence-corrected chi connectivity index (χ4v) is 6.82. The smallest absolute Gasteiger partial charge is 0.0547 e. The van der Waals surface area contributed by atoms with Gasteiger partial charge in [0.2, 0.25) is 0 Å². The second-order valence-corrected chi connectivity index (χ2v) is 11.0. The number of nitrogens with zero attached hydrogens (tertiary/aromatic N) is 1.